The highest BCUT2D eigenvalue weighted by atomic mass is 16.5. The average Bonchev–Trinajstić information content (AvgIpc) is 3.43. The molecule has 224 valence electrons. The number of aliphatic carboxylic acids is 1. The van der Waals surface area contributed by atoms with Gasteiger partial charge in [0.2, 0.25) is 0 Å². The van der Waals surface area contributed by atoms with Crippen LogP contribution < -0.4 is 26.8 Å². The molecule has 1 aromatic heterocycles. The number of fused-ring (bicyclic) bond motifs is 2. The fraction of sp³-hybridized carbons (Fsp3) is 0.281. The molecule has 0 saturated carbocycles. The second-order valence-corrected chi connectivity index (χ2v) is 11.1. The van der Waals surface area contributed by atoms with Gasteiger partial charge in [-0.3, -0.25) is 19.2 Å². The van der Waals surface area contributed by atoms with Gasteiger partial charge in [-0.25, -0.2) is 14.8 Å². The fourth-order valence-corrected chi connectivity index (χ4v) is 6.08. The Bertz CT molecular complexity index is 1910. The quantitative estimate of drug-likeness (QED) is 0.200. The van der Waals surface area contributed by atoms with Gasteiger partial charge in [0, 0.05) is 19.2 Å². The van der Waals surface area contributed by atoms with Crippen molar-refractivity contribution in [2.24, 2.45) is 0 Å². The Kier molecular flexibility index (Phi) is 7.41. The number of ether oxygens (including phenoxy) is 1. The van der Waals surface area contributed by atoms with Crippen molar-refractivity contribution in [2.75, 3.05) is 17.2 Å². The van der Waals surface area contributed by atoms with E-state index in [0.717, 1.165) is 45.3 Å². The molecule has 6 rings (SSSR count). The van der Waals surface area contributed by atoms with E-state index in [1.54, 1.807) is 11.0 Å². The summed E-state index contributed by atoms with van der Waals surface area (Å²) in [6, 6.07) is 10.4. The molecule has 1 atom stereocenters. The molecule has 0 unspecified atom stereocenters. The molecule has 12 heteroatoms. The zero-order chi connectivity index (χ0) is 31.1. The van der Waals surface area contributed by atoms with Crippen LogP contribution in [0.5, 0.6) is 0 Å². The third kappa shape index (κ3) is 5.30. The van der Waals surface area contributed by atoms with Crippen molar-refractivity contribution in [3.63, 3.8) is 0 Å². The van der Waals surface area contributed by atoms with Gasteiger partial charge in [-0.05, 0) is 65.1 Å². The first kappa shape index (κ1) is 28.7. The first-order chi connectivity index (χ1) is 21.1. The van der Waals surface area contributed by atoms with E-state index in [1.165, 1.54) is 6.07 Å². The number of anilines is 2. The van der Waals surface area contributed by atoms with E-state index in [4.69, 9.17) is 15.6 Å². The average molecular weight is 596 g/mol. The van der Waals surface area contributed by atoms with Crippen LogP contribution in [0.1, 0.15) is 72.4 Å². The lowest BCUT2D eigenvalue weighted by molar-refractivity contribution is -0.136. The lowest BCUT2D eigenvalue weighted by Gasteiger charge is -2.31. The molecule has 0 radical (unpaired) electrons. The lowest BCUT2D eigenvalue weighted by atomic mass is 9.96. The van der Waals surface area contributed by atoms with Crippen molar-refractivity contribution in [1.29, 1.82) is 0 Å². The van der Waals surface area contributed by atoms with Gasteiger partial charge in [-0.2, -0.15) is 0 Å². The number of nitrogen functional groups attached to an aromatic ring is 1. The first-order valence-corrected chi connectivity index (χ1v) is 14.2. The largest absolute Gasteiger partial charge is 0.481 e. The van der Waals surface area contributed by atoms with Crippen LogP contribution in [0.3, 0.4) is 0 Å². The third-order valence-electron chi connectivity index (χ3n) is 8.45. The predicted octanol–water partition coefficient (Wildman–Crippen LogP) is 1.93. The maximum atomic E-state index is 13.1. The maximum Gasteiger partial charge on any atom is 0.357 e. The van der Waals surface area contributed by atoms with Gasteiger partial charge in [0.25, 0.3) is 16.8 Å². The number of esters is 1. The molecule has 2 aliphatic rings. The zero-order valence-corrected chi connectivity index (χ0v) is 23.9. The Morgan fingerprint density at radius 1 is 1.05 bits per heavy atom. The molecule has 12 nitrogen and oxygen atoms in total. The van der Waals surface area contributed by atoms with Gasteiger partial charge in [-0.1, -0.05) is 30.3 Å². The van der Waals surface area contributed by atoms with E-state index in [1.807, 2.05) is 31.2 Å². The van der Waals surface area contributed by atoms with E-state index in [-0.39, 0.29) is 41.8 Å². The highest BCUT2D eigenvalue weighted by Gasteiger charge is 2.29. The summed E-state index contributed by atoms with van der Waals surface area (Å²) >= 11 is 0. The van der Waals surface area contributed by atoms with E-state index in [9.17, 15) is 24.0 Å². The van der Waals surface area contributed by atoms with E-state index in [2.05, 4.69) is 15.3 Å². The number of nitrogens with two attached hydrogens (primary N) is 1. The second-order valence-electron chi connectivity index (χ2n) is 11.1. The van der Waals surface area contributed by atoms with Crippen molar-refractivity contribution in [3.05, 3.63) is 114 Å². The normalized spacial score (nSPS) is 15.5. The summed E-state index contributed by atoms with van der Waals surface area (Å²) in [6.45, 7) is 2.84. The molecule has 0 fully saturated rings. The summed E-state index contributed by atoms with van der Waals surface area (Å²) in [4.78, 5) is 70.4. The van der Waals surface area contributed by atoms with Gasteiger partial charge < -0.3 is 25.8 Å². The molecule has 4 N–H and O–H groups in total. The van der Waals surface area contributed by atoms with Crippen LogP contribution in [-0.2, 0) is 41.9 Å². The molecule has 1 amide bonds. The highest BCUT2D eigenvalue weighted by Crippen LogP contribution is 2.35. The van der Waals surface area contributed by atoms with Crippen molar-refractivity contribution in [2.45, 2.75) is 51.8 Å². The molecule has 0 saturated heterocycles. The smallest absolute Gasteiger partial charge is 0.357 e. The van der Waals surface area contributed by atoms with Crippen LogP contribution >= 0.6 is 0 Å². The maximum absolute atomic E-state index is 13.1. The summed E-state index contributed by atoms with van der Waals surface area (Å²) in [7, 11) is 0. The number of amides is 1. The van der Waals surface area contributed by atoms with Crippen molar-refractivity contribution < 1.29 is 24.2 Å². The summed E-state index contributed by atoms with van der Waals surface area (Å²) in [5, 5.41) is 12.1. The molecule has 1 aliphatic carbocycles. The fourth-order valence-electron chi connectivity index (χ4n) is 6.08. The monoisotopic (exact) mass is 595 g/mol. The van der Waals surface area contributed by atoms with Crippen LogP contribution in [-0.4, -0.2) is 39.5 Å². The van der Waals surface area contributed by atoms with Crippen LogP contribution in [0.4, 0.5) is 11.4 Å². The molecular formula is C32H29N5O7. The molecule has 3 aromatic carbocycles. The van der Waals surface area contributed by atoms with Crippen LogP contribution in [0.25, 0.3) is 0 Å². The van der Waals surface area contributed by atoms with Gasteiger partial charge in [0.1, 0.15) is 30.0 Å². The Morgan fingerprint density at radius 3 is 2.61 bits per heavy atom. The Labute approximate surface area is 251 Å². The van der Waals surface area contributed by atoms with E-state index in [0.29, 0.717) is 32.4 Å². The zero-order valence-electron chi connectivity index (χ0n) is 23.9. The van der Waals surface area contributed by atoms with Gasteiger partial charge >= 0.3 is 11.9 Å². The number of carboxylic acids is 1. The van der Waals surface area contributed by atoms with E-state index >= 15 is 0 Å². The number of hydrogen-bond acceptors (Lipinski definition) is 10. The molecule has 1 aliphatic heterocycles. The minimum absolute atomic E-state index is 0.00355. The van der Waals surface area contributed by atoms with Gasteiger partial charge in [-0.15, -0.1) is 0 Å². The molecule has 0 bridgehead atoms. The number of hydrogen-bond donors (Lipinski definition) is 3. The predicted molar refractivity (Wildman–Crippen MR) is 159 cm³/mol. The minimum atomic E-state index is -0.894. The summed E-state index contributed by atoms with van der Waals surface area (Å²) in [5.74, 6) is -2.08. The molecular weight excluding hydrogens is 566 g/mol. The van der Waals surface area contributed by atoms with Crippen molar-refractivity contribution in [3.8, 4) is 0 Å². The highest BCUT2D eigenvalue weighted by molar-refractivity contribution is 5.95. The number of carboxylic acid groups (broad SMARTS) is 1. The second kappa shape index (κ2) is 11.4. The van der Waals surface area contributed by atoms with Crippen LogP contribution in [0, 0.1) is 6.92 Å². The van der Waals surface area contributed by atoms with Crippen molar-refractivity contribution >= 4 is 29.2 Å². The van der Waals surface area contributed by atoms with Crippen LogP contribution in [0.2, 0.25) is 0 Å². The summed E-state index contributed by atoms with van der Waals surface area (Å²) in [5.41, 5.74) is 11.2. The minimum Gasteiger partial charge on any atom is -0.481 e. The number of carbonyl (C=O) groups is 3. The molecule has 0 spiro atoms. The summed E-state index contributed by atoms with van der Waals surface area (Å²) in [6.07, 6.45) is 3.14. The number of nitrogens with zero attached hydrogens (tertiary/aromatic N) is 3. The van der Waals surface area contributed by atoms with Crippen molar-refractivity contribution in [1.82, 2.24) is 15.3 Å². The molecule has 2 heterocycles. The number of aromatic nitrogens is 2. The van der Waals surface area contributed by atoms with Gasteiger partial charge in [0.05, 0.1) is 12.5 Å². The third-order valence-corrected chi connectivity index (χ3v) is 8.45. The number of carbonyl (C=O) groups excluding carboxylic acids is 2. The lowest BCUT2D eigenvalue weighted by Crippen LogP contribution is -2.44. The Balaban J connectivity index is 1.09. The molecule has 4 aromatic rings. The topological polar surface area (TPSA) is 182 Å². The van der Waals surface area contributed by atoms with Crippen LogP contribution in [0.15, 0.2) is 52.3 Å². The summed E-state index contributed by atoms with van der Waals surface area (Å²) < 4.78 is 5.48. The number of benzene rings is 2. The standard InChI is InChI=1S/C32H29N5O7/c1-16-19(11-26(38)39)4-5-22-21(16)6-7-23(22)36-31(42)24-12-25(35-15-34-24)32(43)44-14-17-2-3-18-8-9-37(13-20(18)10-17)28-27(33)29(40)30(28)41/h2-5,10,12,15,23H,6-9,11,13-14,33H2,1H3,(H,36,42)(H,38,39)/t23-/m0/s1. The SMILES string of the molecule is Cc1c(CC(=O)O)ccc2c1CC[C@@H]2NC(=O)c1cc(C(=O)OCc2ccc3c(c2)CN(c2c(N)c(=O)c2=O)CC3)ncn1. The Morgan fingerprint density at radius 2 is 1.84 bits per heavy atom. The number of rotatable bonds is 8. The van der Waals surface area contributed by atoms with Gasteiger partial charge in [0.15, 0.2) is 5.69 Å². The van der Waals surface area contributed by atoms with E-state index < -0.39 is 28.7 Å². The number of nitrogens with one attached hydrogen (secondary N) is 1. The Hall–Kier alpha value is -5.39. The first-order valence-electron chi connectivity index (χ1n) is 14.2. The molecule has 44 heavy (non-hydrogen) atoms.